The summed E-state index contributed by atoms with van der Waals surface area (Å²) in [6, 6.07) is 2.04. The second-order valence-corrected chi connectivity index (χ2v) is 4.43. The normalized spacial score (nSPS) is 14.4. The summed E-state index contributed by atoms with van der Waals surface area (Å²) in [5, 5.41) is 18.0. The quantitative estimate of drug-likeness (QED) is 0.774. The lowest BCUT2D eigenvalue weighted by atomic mass is 10.1. The monoisotopic (exact) mass is 247 g/mol. The zero-order valence-electron chi connectivity index (χ0n) is 9.10. The first-order chi connectivity index (χ1) is 8.29. The average molecular weight is 248 g/mol. The van der Waals surface area contributed by atoms with Crippen LogP contribution in [-0.2, 0) is 13.0 Å². The summed E-state index contributed by atoms with van der Waals surface area (Å²) in [7, 11) is 0. The van der Waals surface area contributed by atoms with E-state index in [1.807, 2.05) is 10.8 Å². The molecule has 2 aromatic heterocycles. The third-order valence-corrected chi connectivity index (χ3v) is 3.33. The van der Waals surface area contributed by atoms with Crippen molar-refractivity contribution in [1.29, 1.82) is 5.26 Å². The summed E-state index contributed by atoms with van der Waals surface area (Å²) < 4.78 is 3.50. The van der Waals surface area contributed by atoms with Crippen LogP contribution >= 0.6 is 11.6 Å². The van der Waals surface area contributed by atoms with Crippen LogP contribution in [0.25, 0.3) is 5.82 Å². The molecule has 17 heavy (non-hydrogen) atoms. The van der Waals surface area contributed by atoms with Crippen molar-refractivity contribution in [3.63, 3.8) is 0 Å². The van der Waals surface area contributed by atoms with E-state index in [4.69, 9.17) is 16.9 Å². The van der Waals surface area contributed by atoms with Gasteiger partial charge >= 0.3 is 0 Å². The zero-order valence-corrected chi connectivity index (χ0v) is 9.85. The van der Waals surface area contributed by atoms with E-state index in [2.05, 4.69) is 10.2 Å². The van der Waals surface area contributed by atoms with Crippen molar-refractivity contribution in [3.05, 3.63) is 28.7 Å². The van der Waals surface area contributed by atoms with Gasteiger partial charge in [0.15, 0.2) is 5.82 Å². The van der Waals surface area contributed by atoms with Gasteiger partial charge in [0.1, 0.15) is 11.1 Å². The second-order valence-electron chi connectivity index (χ2n) is 4.05. The van der Waals surface area contributed by atoms with Gasteiger partial charge in [-0.1, -0.05) is 11.6 Å². The Morgan fingerprint density at radius 1 is 1.41 bits per heavy atom. The van der Waals surface area contributed by atoms with Crippen LogP contribution in [0.1, 0.15) is 24.1 Å². The molecule has 0 amide bonds. The van der Waals surface area contributed by atoms with Gasteiger partial charge in [0.05, 0.1) is 23.7 Å². The highest BCUT2D eigenvalue weighted by Gasteiger charge is 2.20. The molecule has 1 aliphatic heterocycles. The molecule has 0 radical (unpaired) electrons. The van der Waals surface area contributed by atoms with Crippen molar-refractivity contribution in [2.75, 3.05) is 0 Å². The molecule has 0 saturated heterocycles. The molecule has 1 aliphatic rings. The van der Waals surface area contributed by atoms with Gasteiger partial charge < -0.3 is 0 Å². The lowest BCUT2D eigenvalue weighted by Crippen LogP contribution is -2.11. The molecule has 0 saturated carbocycles. The molecule has 0 atom stereocenters. The zero-order chi connectivity index (χ0) is 11.8. The molecular formula is C11H10ClN5. The summed E-state index contributed by atoms with van der Waals surface area (Å²) >= 11 is 6.30. The summed E-state index contributed by atoms with van der Waals surface area (Å²) in [6.07, 6.45) is 6.38. The molecule has 0 spiro atoms. The predicted molar refractivity (Wildman–Crippen MR) is 62.0 cm³/mol. The molecule has 86 valence electrons. The Hall–Kier alpha value is -1.80. The maximum atomic E-state index is 8.77. The lowest BCUT2D eigenvalue weighted by Gasteiger charge is -2.12. The Morgan fingerprint density at radius 2 is 2.29 bits per heavy atom. The molecule has 0 unspecified atom stereocenters. The minimum atomic E-state index is 0.507. The predicted octanol–water partition coefficient (Wildman–Crippen LogP) is 1.93. The van der Waals surface area contributed by atoms with Crippen molar-refractivity contribution in [2.24, 2.45) is 0 Å². The Labute approximate surface area is 103 Å². The van der Waals surface area contributed by atoms with Crippen LogP contribution in [0, 0.1) is 11.3 Å². The topological polar surface area (TPSA) is 59.4 Å². The van der Waals surface area contributed by atoms with E-state index in [-0.39, 0.29) is 0 Å². The summed E-state index contributed by atoms with van der Waals surface area (Å²) in [4.78, 5) is 0. The highest BCUT2D eigenvalue weighted by Crippen LogP contribution is 2.28. The fourth-order valence-corrected chi connectivity index (χ4v) is 2.40. The average Bonchev–Trinajstić information content (AvgIpc) is 2.95. The Morgan fingerprint density at radius 3 is 3.00 bits per heavy atom. The van der Waals surface area contributed by atoms with Gasteiger partial charge in [-0.2, -0.15) is 15.5 Å². The third-order valence-electron chi connectivity index (χ3n) is 2.94. The van der Waals surface area contributed by atoms with Crippen molar-refractivity contribution < 1.29 is 0 Å². The second kappa shape index (κ2) is 3.90. The maximum absolute atomic E-state index is 8.77. The smallest absolute Gasteiger partial charge is 0.194 e. The van der Waals surface area contributed by atoms with E-state index >= 15 is 0 Å². The molecule has 3 rings (SSSR count). The number of aromatic nitrogens is 4. The minimum Gasteiger partial charge on any atom is -0.266 e. The third kappa shape index (κ3) is 1.61. The van der Waals surface area contributed by atoms with Gasteiger partial charge in [0, 0.05) is 6.54 Å². The fraction of sp³-hybridized carbons (Fsp3) is 0.364. The largest absolute Gasteiger partial charge is 0.266 e. The highest BCUT2D eigenvalue weighted by molar-refractivity contribution is 6.32. The van der Waals surface area contributed by atoms with Crippen LogP contribution in [0.2, 0.25) is 5.02 Å². The van der Waals surface area contributed by atoms with Gasteiger partial charge in [0.25, 0.3) is 0 Å². The molecule has 5 nitrogen and oxygen atoms in total. The van der Waals surface area contributed by atoms with Gasteiger partial charge in [-0.05, 0) is 19.3 Å². The molecule has 3 heterocycles. The molecule has 0 bridgehead atoms. The Kier molecular flexibility index (Phi) is 2.37. The van der Waals surface area contributed by atoms with Gasteiger partial charge in [-0.15, -0.1) is 0 Å². The van der Waals surface area contributed by atoms with Crippen molar-refractivity contribution in [3.8, 4) is 11.9 Å². The van der Waals surface area contributed by atoms with Crippen molar-refractivity contribution in [2.45, 2.75) is 25.8 Å². The maximum Gasteiger partial charge on any atom is 0.194 e. The minimum absolute atomic E-state index is 0.507. The van der Waals surface area contributed by atoms with E-state index in [1.54, 1.807) is 10.9 Å². The van der Waals surface area contributed by atoms with Gasteiger partial charge in [-0.25, -0.2) is 4.68 Å². The van der Waals surface area contributed by atoms with Crippen LogP contribution < -0.4 is 0 Å². The van der Waals surface area contributed by atoms with E-state index in [9.17, 15) is 0 Å². The molecule has 2 aromatic rings. The first-order valence-corrected chi connectivity index (χ1v) is 5.87. The molecule has 0 aliphatic carbocycles. The molecule has 0 aromatic carbocycles. The number of hydrogen-bond donors (Lipinski definition) is 0. The number of aryl methyl sites for hydroxylation is 1. The van der Waals surface area contributed by atoms with Crippen molar-refractivity contribution in [1.82, 2.24) is 19.6 Å². The number of halogens is 1. The molecule has 6 heteroatoms. The Bertz CT molecular complexity index is 604. The Balaban J connectivity index is 2.09. The number of hydrogen-bond acceptors (Lipinski definition) is 3. The van der Waals surface area contributed by atoms with Crippen LogP contribution in [0.15, 0.2) is 12.4 Å². The van der Waals surface area contributed by atoms with E-state index in [1.165, 1.54) is 6.20 Å². The number of nitriles is 1. The van der Waals surface area contributed by atoms with Crippen LogP contribution in [0.5, 0.6) is 0 Å². The molecule has 0 fully saturated rings. The fourth-order valence-electron chi connectivity index (χ4n) is 2.08. The van der Waals surface area contributed by atoms with E-state index in [0.29, 0.717) is 16.4 Å². The summed E-state index contributed by atoms with van der Waals surface area (Å²) in [5.41, 5.74) is 1.58. The van der Waals surface area contributed by atoms with Gasteiger partial charge in [0.2, 0.25) is 0 Å². The summed E-state index contributed by atoms with van der Waals surface area (Å²) in [6.45, 7) is 0.904. The van der Waals surface area contributed by atoms with E-state index in [0.717, 1.165) is 31.5 Å². The van der Waals surface area contributed by atoms with Crippen LogP contribution in [-0.4, -0.2) is 19.6 Å². The number of fused-ring (bicyclic) bond motifs is 1. The molecule has 0 N–H and O–H groups in total. The first kappa shape index (κ1) is 10.4. The van der Waals surface area contributed by atoms with Crippen LogP contribution in [0.4, 0.5) is 0 Å². The first-order valence-electron chi connectivity index (χ1n) is 5.50. The summed E-state index contributed by atoms with van der Waals surface area (Å²) in [5.74, 6) is 0.616. The lowest BCUT2D eigenvalue weighted by molar-refractivity contribution is 0.484. The van der Waals surface area contributed by atoms with Crippen LogP contribution in [0.3, 0.4) is 0 Å². The highest BCUT2D eigenvalue weighted by atomic mass is 35.5. The SMILES string of the molecule is N#Cc1cnn(-c2nn3c(c2Cl)CCCC3)c1. The van der Waals surface area contributed by atoms with Crippen molar-refractivity contribution >= 4 is 11.6 Å². The number of nitrogens with zero attached hydrogens (tertiary/aromatic N) is 5. The molecular weight excluding hydrogens is 238 g/mol. The van der Waals surface area contributed by atoms with E-state index < -0.39 is 0 Å². The number of rotatable bonds is 1. The van der Waals surface area contributed by atoms with Gasteiger partial charge in [-0.3, -0.25) is 4.68 Å². The standard InChI is InChI=1S/C11H10ClN5/c12-10-9-3-1-2-4-16(9)15-11(10)17-7-8(5-13)6-14-17/h6-7H,1-4H2.